The third-order valence-corrected chi connectivity index (χ3v) is 3.75. The minimum atomic E-state index is -4.23. The summed E-state index contributed by atoms with van der Waals surface area (Å²) in [5.74, 6) is 0.221. The molecular weight excluding hydrogens is 333 g/mol. The normalized spacial score (nSPS) is 12.9. The number of alkyl carbamates (subject to hydrolysis) is 1. The number of nitrogens with one attached hydrogen (secondary N) is 1. The van der Waals surface area contributed by atoms with E-state index >= 15 is 0 Å². The van der Waals surface area contributed by atoms with Gasteiger partial charge >= 0.3 is 13.9 Å². The quantitative estimate of drug-likeness (QED) is 0.561. The van der Waals surface area contributed by atoms with Crippen LogP contribution >= 0.6 is 7.82 Å². The predicted octanol–water partition coefficient (Wildman–Crippen LogP) is 3.11. The molecule has 0 aliphatic carbocycles. The molecule has 1 atom stereocenters. The van der Waals surface area contributed by atoms with Gasteiger partial charge in [0.1, 0.15) is 12.4 Å². The lowest BCUT2D eigenvalue weighted by molar-refractivity contribution is 0.135. The highest BCUT2D eigenvalue weighted by molar-refractivity contribution is 7.47. The smallest absolute Gasteiger partial charge is 0.445 e. The highest BCUT2D eigenvalue weighted by atomic mass is 31.2. The first-order valence-electron chi connectivity index (χ1n) is 7.22. The Morgan fingerprint density at radius 2 is 1.67 bits per heavy atom. The number of hydrogen-bond donors (Lipinski definition) is 2. The Kier molecular flexibility index (Phi) is 6.81. The number of carbonyl (C=O) groups is 1. The third-order valence-electron chi connectivity index (χ3n) is 2.80. The SMILES string of the molecule is O=C(NCCOP(=O)(O)Oc1ccccc1)OCc1ccccc1. The molecule has 1 unspecified atom stereocenters. The van der Waals surface area contributed by atoms with Crippen molar-refractivity contribution in [3.05, 3.63) is 66.2 Å². The summed E-state index contributed by atoms with van der Waals surface area (Å²) in [6, 6.07) is 17.4. The van der Waals surface area contributed by atoms with Gasteiger partial charge in [-0.25, -0.2) is 9.36 Å². The minimum Gasteiger partial charge on any atom is -0.445 e. The Morgan fingerprint density at radius 3 is 2.33 bits per heavy atom. The van der Waals surface area contributed by atoms with Crippen molar-refractivity contribution in [3.8, 4) is 5.75 Å². The number of rotatable bonds is 8. The van der Waals surface area contributed by atoms with Gasteiger partial charge in [-0.15, -0.1) is 0 Å². The molecule has 2 N–H and O–H groups in total. The zero-order valence-corrected chi connectivity index (χ0v) is 13.7. The van der Waals surface area contributed by atoms with Gasteiger partial charge in [0.05, 0.1) is 6.61 Å². The fraction of sp³-hybridized carbons (Fsp3) is 0.188. The number of phosphoric ester groups is 1. The molecule has 2 rings (SSSR count). The van der Waals surface area contributed by atoms with Crippen molar-refractivity contribution >= 4 is 13.9 Å². The van der Waals surface area contributed by atoms with Crippen LogP contribution in [0.25, 0.3) is 0 Å². The average molecular weight is 351 g/mol. The first-order valence-corrected chi connectivity index (χ1v) is 8.71. The highest BCUT2D eigenvalue weighted by Gasteiger charge is 2.22. The van der Waals surface area contributed by atoms with Crippen LogP contribution in [0, 0.1) is 0 Å². The third kappa shape index (κ3) is 6.83. The lowest BCUT2D eigenvalue weighted by Crippen LogP contribution is -2.27. The summed E-state index contributed by atoms with van der Waals surface area (Å²) >= 11 is 0. The summed E-state index contributed by atoms with van der Waals surface area (Å²) in [6.07, 6.45) is -0.640. The average Bonchev–Trinajstić information content (AvgIpc) is 2.58. The Bertz CT molecular complexity index is 679. The van der Waals surface area contributed by atoms with Crippen LogP contribution in [0.3, 0.4) is 0 Å². The molecule has 0 radical (unpaired) electrons. The second-order valence-electron chi connectivity index (χ2n) is 4.69. The fourth-order valence-electron chi connectivity index (χ4n) is 1.73. The summed E-state index contributed by atoms with van der Waals surface area (Å²) in [4.78, 5) is 21.0. The minimum absolute atomic E-state index is 0.0102. The molecule has 2 aromatic rings. The standard InChI is InChI=1S/C16H18NO6P/c18-16(21-13-14-7-3-1-4-8-14)17-11-12-22-24(19,20)23-15-9-5-2-6-10-15/h1-10H,11-13H2,(H,17,18)(H,19,20). The monoisotopic (exact) mass is 351 g/mol. The second-order valence-corrected chi connectivity index (χ2v) is 6.07. The first-order chi connectivity index (χ1) is 11.6. The van der Waals surface area contributed by atoms with Crippen molar-refractivity contribution < 1.29 is 28.0 Å². The van der Waals surface area contributed by atoms with Crippen LogP contribution in [0.5, 0.6) is 5.75 Å². The van der Waals surface area contributed by atoms with E-state index in [2.05, 4.69) is 5.32 Å². The van der Waals surface area contributed by atoms with Crippen molar-refractivity contribution in [2.45, 2.75) is 6.61 Å². The molecule has 0 spiro atoms. The van der Waals surface area contributed by atoms with Crippen molar-refractivity contribution in [2.75, 3.05) is 13.2 Å². The van der Waals surface area contributed by atoms with Gasteiger partial charge in [0.25, 0.3) is 0 Å². The van der Waals surface area contributed by atoms with Crippen molar-refractivity contribution in [1.29, 1.82) is 0 Å². The molecule has 0 heterocycles. The Hall–Kier alpha value is -2.34. The van der Waals surface area contributed by atoms with Gasteiger partial charge in [0.2, 0.25) is 0 Å². The number of hydrogen-bond acceptors (Lipinski definition) is 5. The largest absolute Gasteiger partial charge is 0.527 e. The molecular formula is C16H18NO6P. The summed E-state index contributed by atoms with van der Waals surface area (Å²) in [7, 11) is -4.23. The number of carbonyl (C=O) groups excluding carboxylic acids is 1. The van der Waals surface area contributed by atoms with Crippen LogP contribution in [0.1, 0.15) is 5.56 Å². The van der Waals surface area contributed by atoms with Crippen LogP contribution in [-0.2, 0) is 20.4 Å². The maximum atomic E-state index is 11.7. The number of phosphoric acid groups is 1. The van der Waals surface area contributed by atoms with Crippen molar-refractivity contribution in [3.63, 3.8) is 0 Å². The molecule has 0 aliphatic heterocycles. The number of ether oxygens (including phenoxy) is 1. The zero-order chi connectivity index (χ0) is 17.3. The summed E-state index contributed by atoms with van der Waals surface area (Å²) in [5, 5.41) is 2.42. The lowest BCUT2D eigenvalue weighted by Gasteiger charge is -2.13. The summed E-state index contributed by atoms with van der Waals surface area (Å²) in [5.41, 5.74) is 0.861. The Balaban J connectivity index is 1.63. The summed E-state index contributed by atoms with van der Waals surface area (Å²) < 4.78 is 26.3. The van der Waals surface area contributed by atoms with Crippen LogP contribution in [0.4, 0.5) is 4.79 Å². The van der Waals surface area contributed by atoms with E-state index in [1.165, 1.54) is 12.1 Å². The van der Waals surface area contributed by atoms with E-state index in [0.29, 0.717) is 0 Å². The highest BCUT2D eigenvalue weighted by Crippen LogP contribution is 2.43. The van der Waals surface area contributed by atoms with E-state index < -0.39 is 13.9 Å². The van der Waals surface area contributed by atoms with E-state index in [9.17, 15) is 14.3 Å². The van der Waals surface area contributed by atoms with Crippen LogP contribution in [-0.4, -0.2) is 24.1 Å². The molecule has 8 heteroatoms. The molecule has 0 saturated carbocycles. The van der Waals surface area contributed by atoms with Gasteiger partial charge in [-0.1, -0.05) is 48.5 Å². The Morgan fingerprint density at radius 1 is 1.04 bits per heavy atom. The van der Waals surface area contributed by atoms with E-state index in [4.69, 9.17) is 13.8 Å². The lowest BCUT2D eigenvalue weighted by atomic mass is 10.2. The Labute approximate surface area is 139 Å². The topological polar surface area (TPSA) is 94.1 Å². The molecule has 0 saturated heterocycles. The van der Waals surface area contributed by atoms with E-state index in [-0.39, 0.29) is 25.5 Å². The molecule has 7 nitrogen and oxygen atoms in total. The number of benzene rings is 2. The molecule has 0 aliphatic rings. The summed E-state index contributed by atoms with van der Waals surface area (Å²) in [6.45, 7) is -0.0412. The maximum absolute atomic E-state index is 11.7. The van der Waals surface area contributed by atoms with Gasteiger partial charge < -0.3 is 14.6 Å². The van der Waals surface area contributed by atoms with Gasteiger partial charge in [0.15, 0.2) is 0 Å². The van der Waals surface area contributed by atoms with Crippen molar-refractivity contribution in [1.82, 2.24) is 5.32 Å². The molecule has 0 fully saturated rings. The molecule has 1 amide bonds. The van der Waals surface area contributed by atoms with Gasteiger partial charge in [-0.3, -0.25) is 9.42 Å². The second kappa shape index (κ2) is 9.08. The van der Waals surface area contributed by atoms with E-state index in [1.54, 1.807) is 18.2 Å². The zero-order valence-electron chi connectivity index (χ0n) is 12.8. The molecule has 128 valence electrons. The number of amides is 1. The van der Waals surface area contributed by atoms with Gasteiger partial charge in [-0.2, -0.15) is 0 Å². The van der Waals surface area contributed by atoms with Crippen molar-refractivity contribution in [2.24, 2.45) is 0 Å². The number of para-hydroxylation sites is 1. The predicted molar refractivity (Wildman–Crippen MR) is 87.5 cm³/mol. The first kappa shape index (κ1) is 18.0. The van der Waals surface area contributed by atoms with Crippen LogP contribution in [0.15, 0.2) is 60.7 Å². The fourth-order valence-corrected chi connectivity index (χ4v) is 2.49. The molecule has 0 bridgehead atoms. The van der Waals surface area contributed by atoms with Gasteiger partial charge in [-0.05, 0) is 17.7 Å². The van der Waals surface area contributed by atoms with Crippen LogP contribution in [0.2, 0.25) is 0 Å². The molecule has 0 aromatic heterocycles. The van der Waals surface area contributed by atoms with E-state index in [1.807, 2.05) is 30.3 Å². The van der Waals surface area contributed by atoms with Crippen LogP contribution < -0.4 is 9.84 Å². The molecule has 24 heavy (non-hydrogen) atoms. The maximum Gasteiger partial charge on any atom is 0.527 e. The van der Waals surface area contributed by atoms with E-state index in [0.717, 1.165) is 5.56 Å². The molecule has 2 aromatic carbocycles. The van der Waals surface area contributed by atoms with Gasteiger partial charge in [0, 0.05) is 6.54 Å².